The highest BCUT2D eigenvalue weighted by atomic mass is 16.1. The van der Waals surface area contributed by atoms with Crippen molar-refractivity contribution in [3.05, 3.63) is 53.3 Å². The topological polar surface area (TPSA) is 34.9 Å². The number of aromatic nitrogens is 2. The number of carbonyl (C=O) groups is 1. The van der Waals surface area contributed by atoms with Gasteiger partial charge in [-0.15, -0.1) is 0 Å². The number of fused-ring (bicyclic) bond motifs is 1. The first-order valence-corrected chi connectivity index (χ1v) is 6.94. The Morgan fingerprint density at radius 3 is 3.11 bits per heavy atom. The fourth-order valence-electron chi connectivity index (χ4n) is 2.87. The minimum absolute atomic E-state index is 0.0236. The highest BCUT2D eigenvalue weighted by Gasteiger charge is 2.29. The molecule has 1 aromatic heterocycles. The zero-order valence-corrected chi connectivity index (χ0v) is 11.2. The van der Waals surface area contributed by atoms with E-state index in [1.165, 1.54) is 11.1 Å². The van der Waals surface area contributed by atoms with Crippen molar-refractivity contribution in [2.45, 2.75) is 38.6 Å². The van der Waals surface area contributed by atoms with Crippen LogP contribution < -0.4 is 0 Å². The van der Waals surface area contributed by atoms with Crippen molar-refractivity contribution in [1.82, 2.24) is 9.78 Å². The minimum Gasteiger partial charge on any atom is -0.293 e. The second kappa shape index (κ2) is 5.00. The Morgan fingerprint density at radius 1 is 1.42 bits per heavy atom. The lowest BCUT2D eigenvalue weighted by atomic mass is 9.94. The van der Waals surface area contributed by atoms with Gasteiger partial charge < -0.3 is 0 Å². The van der Waals surface area contributed by atoms with Gasteiger partial charge in [0, 0.05) is 18.7 Å². The SMILES string of the molecule is CCCn1cc(C(=O)C2CCc3ccccc32)cn1. The third-order valence-electron chi connectivity index (χ3n) is 3.82. The normalized spacial score (nSPS) is 17.4. The molecule has 3 heteroatoms. The molecule has 19 heavy (non-hydrogen) atoms. The molecule has 3 nitrogen and oxygen atoms in total. The number of nitrogens with zero attached hydrogens (tertiary/aromatic N) is 2. The van der Waals surface area contributed by atoms with Crippen molar-refractivity contribution >= 4 is 5.78 Å². The Labute approximate surface area is 113 Å². The van der Waals surface area contributed by atoms with Crippen LogP contribution in [0.25, 0.3) is 0 Å². The van der Waals surface area contributed by atoms with Crippen molar-refractivity contribution < 1.29 is 4.79 Å². The lowest BCUT2D eigenvalue weighted by Gasteiger charge is -2.08. The van der Waals surface area contributed by atoms with E-state index < -0.39 is 0 Å². The van der Waals surface area contributed by atoms with Crippen molar-refractivity contribution in [2.75, 3.05) is 0 Å². The van der Waals surface area contributed by atoms with Gasteiger partial charge in [0.05, 0.1) is 11.8 Å². The number of Topliss-reactive ketones (excluding diaryl/α,β-unsaturated/α-hetero) is 1. The average molecular weight is 254 g/mol. The Hall–Kier alpha value is -1.90. The summed E-state index contributed by atoms with van der Waals surface area (Å²) in [5, 5.41) is 4.25. The molecule has 0 N–H and O–H groups in total. The molecular weight excluding hydrogens is 236 g/mol. The summed E-state index contributed by atoms with van der Waals surface area (Å²) in [5.41, 5.74) is 3.27. The number of carbonyl (C=O) groups excluding carboxylic acids is 1. The maximum Gasteiger partial charge on any atom is 0.173 e. The van der Waals surface area contributed by atoms with Crippen LogP contribution >= 0.6 is 0 Å². The van der Waals surface area contributed by atoms with Gasteiger partial charge in [0.1, 0.15) is 0 Å². The molecule has 0 radical (unpaired) electrons. The van der Waals surface area contributed by atoms with Crippen LogP contribution in [0.4, 0.5) is 0 Å². The van der Waals surface area contributed by atoms with Gasteiger partial charge in [-0.3, -0.25) is 9.48 Å². The number of ketones is 1. The molecular formula is C16H18N2O. The fourth-order valence-corrected chi connectivity index (χ4v) is 2.87. The molecule has 0 saturated carbocycles. The first-order valence-electron chi connectivity index (χ1n) is 6.94. The van der Waals surface area contributed by atoms with Gasteiger partial charge in [-0.2, -0.15) is 5.10 Å². The fraction of sp³-hybridized carbons (Fsp3) is 0.375. The molecule has 0 amide bonds. The number of rotatable bonds is 4. The largest absolute Gasteiger partial charge is 0.293 e. The molecule has 1 heterocycles. The molecule has 1 aliphatic rings. The van der Waals surface area contributed by atoms with Gasteiger partial charge in [-0.1, -0.05) is 31.2 Å². The van der Waals surface area contributed by atoms with Gasteiger partial charge in [-0.25, -0.2) is 0 Å². The van der Waals surface area contributed by atoms with Crippen molar-refractivity contribution in [3.8, 4) is 0 Å². The second-order valence-electron chi connectivity index (χ2n) is 5.15. The highest BCUT2D eigenvalue weighted by Crippen LogP contribution is 2.35. The van der Waals surface area contributed by atoms with Crippen LogP contribution in [0.2, 0.25) is 0 Å². The van der Waals surface area contributed by atoms with E-state index in [9.17, 15) is 4.79 Å². The number of hydrogen-bond donors (Lipinski definition) is 0. The molecule has 1 atom stereocenters. The third-order valence-corrected chi connectivity index (χ3v) is 3.82. The lowest BCUT2D eigenvalue weighted by molar-refractivity contribution is 0.0959. The zero-order chi connectivity index (χ0) is 13.2. The van der Waals surface area contributed by atoms with Gasteiger partial charge in [0.2, 0.25) is 0 Å². The molecule has 1 aliphatic carbocycles. The summed E-state index contributed by atoms with van der Waals surface area (Å²) >= 11 is 0. The van der Waals surface area contributed by atoms with Crippen LogP contribution in [-0.4, -0.2) is 15.6 Å². The third kappa shape index (κ3) is 2.21. The van der Waals surface area contributed by atoms with Gasteiger partial charge in [-0.05, 0) is 30.4 Å². The van der Waals surface area contributed by atoms with Gasteiger partial charge in [0.25, 0.3) is 0 Å². The van der Waals surface area contributed by atoms with E-state index in [2.05, 4.69) is 24.2 Å². The monoisotopic (exact) mass is 254 g/mol. The molecule has 0 saturated heterocycles. The Bertz CT molecular complexity index is 600. The van der Waals surface area contributed by atoms with Crippen LogP contribution in [-0.2, 0) is 13.0 Å². The molecule has 0 aliphatic heterocycles. The Balaban J connectivity index is 1.85. The summed E-state index contributed by atoms with van der Waals surface area (Å²) in [6.07, 6.45) is 6.56. The summed E-state index contributed by atoms with van der Waals surface area (Å²) in [4.78, 5) is 12.6. The summed E-state index contributed by atoms with van der Waals surface area (Å²) in [7, 11) is 0. The summed E-state index contributed by atoms with van der Waals surface area (Å²) in [6, 6.07) is 8.28. The second-order valence-corrected chi connectivity index (χ2v) is 5.15. The number of benzene rings is 1. The smallest absolute Gasteiger partial charge is 0.173 e. The van der Waals surface area contributed by atoms with Crippen LogP contribution in [0.5, 0.6) is 0 Å². The maximum absolute atomic E-state index is 12.6. The van der Waals surface area contributed by atoms with E-state index in [0.717, 1.165) is 31.4 Å². The van der Waals surface area contributed by atoms with Crippen molar-refractivity contribution in [3.63, 3.8) is 0 Å². The van der Waals surface area contributed by atoms with Gasteiger partial charge >= 0.3 is 0 Å². The van der Waals surface area contributed by atoms with E-state index in [4.69, 9.17) is 0 Å². The molecule has 98 valence electrons. The summed E-state index contributed by atoms with van der Waals surface area (Å²) < 4.78 is 1.86. The van der Waals surface area contributed by atoms with Crippen LogP contribution in [0.3, 0.4) is 0 Å². The zero-order valence-electron chi connectivity index (χ0n) is 11.2. The molecule has 3 rings (SSSR count). The summed E-state index contributed by atoms with van der Waals surface area (Å²) in [6.45, 7) is 2.98. The van der Waals surface area contributed by atoms with E-state index in [1.807, 2.05) is 23.0 Å². The number of aryl methyl sites for hydroxylation is 2. The standard InChI is InChI=1S/C16H18N2O/c1-2-9-18-11-13(10-17-18)16(19)15-8-7-12-5-3-4-6-14(12)15/h3-6,10-11,15H,2,7-9H2,1H3. The Kier molecular flexibility index (Phi) is 3.20. The van der Waals surface area contributed by atoms with Gasteiger partial charge in [0.15, 0.2) is 5.78 Å². The van der Waals surface area contributed by atoms with E-state index in [-0.39, 0.29) is 11.7 Å². The maximum atomic E-state index is 12.6. The van der Waals surface area contributed by atoms with E-state index in [0.29, 0.717) is 0 Å². The first kappa shape index (κ1) is 12.2. The van der Waals surface area contributed by atoms with Crippen molar-refractivity contribution in [2.24, 2.45) is 0 Å². The predicted octanol–water partition coefficient (Wildman–Crippen LogP) is 3.21. The van der Waals surface area contributed by atoms with E-state index in [1.54, 1.807) is 6.20 Å². The molecule has 2 aromatic rings. The lowest BCUT2D eigenvalue weighted by Crippen LogP contribution is -2.09. The molecule has 1 unspecified atom stereocenters. The van der Waals surface area contributed by atoms with Crippen molar-refractivity contribution in [1.29, 1.82) is 0 Å². The summed E-state index contributed by atoms with van der Waals surface area (Å²) in [5.74, 6) is 0.239. The minimum atomic E-state index is 0.0236. The first-order chi connectivity index (χ1) is 9.29. The predicted molar refractivity (Wildman–Crippen MR) is 74.4 cm³/mol. The van der Waals surface area contributed by atoms with Crippen LogP contribution in [0.1, 0.15) is 47.2 Å². The molecule has 0 fully saturated rings. The Morgan fingerprint density at radius 2 is 2.26 bits per heavy atom. The molecule has 0 bridgehead atoms. The molecule has 1 aromatic carbocycles. The van der Waals surface area contributed by atoms with Crippen LogP contribution in [0, 0.1) is 0 Å². The number of hydrogen-bond acceptors (Lipinski definition) is 2. The highest BCUT2D eigenvalue weighted by molar-refractivity contribution is 6.01. The molecule has 0 spiro atoms. The van der Waals surface area contributed by atoms with Crippen LogP contribution in [0.15, 0.2) is 36.7 Å². The average Bonchev–Trinajstić information content (AvgIpc) is 3.05. The van der Waals surface area contributed by atoms with E-state index >= 15 is 0 Å². The quantitative estimate of drug-likeness (QED) is 0.785.